The Hall–Kier alpha value is -2.81. The second-order valence-corrected chi connectivity index (χ2v) is 6.53. The van der Waals surface area contributed by atoms with E-state index in [1.54, 1.807) is 18.9 Å². The molecule has 2 heterocycles. The van der Waals surface area contributed by atoms with Crippen molar-refractivity contribution in [1.82, 2.24) is 28.8 Å². The van der Waals surface area contributed by atoms with Crippen LogP contribution in [0.5, 0.6) is 0 Å². The molecule has 0 aliphatic carbocycles. The van der Waals surface area contributed by atoms with Gasteiger partial charge in [-0.3, -0.25) is 4.79 Å². The first-order chi connectivity index (χ1) is 12.0. The Bertz CT molecular complexity index is 943. The Labute approximate surface area is 148 Å². The molecule has 0 aliphatic rings. The van der Waals surface area contributed by atoms with Gasteiger partial charge >= 0.3 is 5.69 Å². The van der Waals surface area contributed by atoms with Gasteiger partial charge in [0.15, 0.2) is 0 Å². The molecule has 25 heavy (non-hydrogen) atoms. The van der Waals surface area contributed by atoms with Crippen LogP contribution in [0, 0.1) is 13.8 Å². The van der Waals surface area contributed by atoms with Crippen LogP contribution >= 0.6 is 11.5 Å². The summed E-state index contributed by atoms with van der Waals surface area (Å²) < 4.78 is 6.55. The van der Waals surface area contributed by atoms with Crippen LogP contribution in [-0.2, 0) is 17.9 Å². The number of carbonyl (C=O) groups excluding carboxylic acids is 1. The highest BCUT2D eigenvalue weighted by Gasteiger charge is 2.17. The zero-order chi connectivity index (χ0) is 18.0. The van der Waals surface area contributed by atoms with Crippen molar-refractivity contribution in [2.45, 2.75) is 26.9 Å². The number of amides is 1. The Morgan fingerprint density at radius 1 is 1.24 bits per heavy atom. The van der Waals surface area contributed by atoms with E-state index in [1.165, 1.54) is 20.8 Å². The molecular weight excluding hydrogens is 340 g/mol. The number of carbonyl (C=O) groups is 1. The van der Waals surface area contributed by atoms with E-state index in [0.29, 0.717) is 12.4 Å². The van der Waals surface area contributed by atoms with Crippen molar-refractivity contribution in [3.8, 4) is 5.69 Å². The molecule has 0 atom stereocenters. The van der Waals surface area contributed by atoms with Crippen molar-refractivity contribution in [1.29, 1.82) is 0 Å². The minimum Gasteiger partial charge on any atom is -0.339 e. The summed E-state index contributed by atoms with van der Waals surface area (Å²) in [7, 11) is 1.69. The summed E-state index contributed by atoms with van der Waals surface area (Å²) in [5, 5.41) is 8.16. The summed E-state index contributed by atoms with van der Waals surface area (Å²) in [6.45, 7) is 3.90. The van der Waals surface area contributed by atoms with Crippen molar-refractivity contribution >= 4 is 17.4 Å². The van der Waals surface area contributed by atoms with E-state index in [9.17, 15) is 9.59 Å². The molecule has 0 fully saturated rings. The lowest BCUT2D eigenvalue weighted by atomic mass is 10.3. The smallest absolute Gasteiger partial charge is 0.339 e. The van der Waals surface area contributed by atoms with E-state index in [1.807, 2.05) is 37.3 Å². The molecule has 1 aromatic carbocycles. The number of likely N-dealkylation sites (N-methyl/N-ethyl adjacent to an activating group) is 1. The van der Waals surface area contributed by atoms with E-state index in [0.717, 1.165) is 16.3 Å². The van der Waals surface area contributed by atoms with Crippen molar-refractivity contribution in [2.75, 3.05) is 7.05 Å². The molecule has 130 valence electrons. The van der Waals surface area contributed by atoms with Gasteiger partial charge in [-0.15, -0.1) is 5.10 Å². The molecule has 0 unspecified atom stereocenters. The van der Waals surface area contributed by atoms with Gasteiger partial charge < -0.3 is 4.90 Å². The minimum absolute atomic E-state index is 0.110. The molecule has 0 N–H and O–H groups in total. The van der Waals surface area contributed by atoms with Gasteiger partial charge in [0.2, 0.25) is 5.91 Å². The Morgan fingerprint density at radius 2 is 1.96 bits per heavy atom. The van der Waals surface area contributed by atoms with Crippen molar-refractivity contribution in [3.63, 3.8) is 0 Å². The molecular formula is C16H18N6O2S. The first kappa shape index (κ1) is 17.0. The average Bonchev–Trinajstić information content (AvgIpc) is 3.11. The topological polar surface area (TPSA) is 85.9 Å². The Kier molecular flexibility index (Phi) is 4.75. The largest absolute Gasteiger partial charge is 0.351 e. The van der Waals surface area contributed by atoms with Gasteiger partial charge in [-0.1, -0.05) is 22.7 Å². The SMILES string of the molecule is Cc1nnsc1CN(C)C(=O)Cn1nc(C)n(-c2ccccc2)c1=O. The van der Waals surface area contributed by atoms with E-state index < -0.39 is 0 Å². The summed E-state index contributed by atoms with van der Waals surface area (Å²) in [4.78, 5) is 27.5. The summed E-state index contributed by atoms with van der Waals surface area (Å²) in [6.07, 6.45) is 0. The van der Waals surface area contributed by atoms with Crippen molar-refractivity contribution in [3.05, 3.63) is 57.2 Å². The van der Waals surface area contributed by atoms with E-state index in [2.05, 4.69) is 14.7 Å². The average molecular weight is 358 g/mol. The number of hydrogen-bond acceptors (Lipinski definition) is 6. The molecule has 0 radical (unpaired) electrons. The van der Waals surface area contributed by atoms with Crippen LogP contribution in [0.3, 0.4) is 0 Å². The van der Waals surface area contributed by atoms with Gasteiger partial charge in [0.1, 0.15) is 12.4 Å². The van der Waals surface area contributed by atoms with Gasteiger partial charge in [0, 0.05) is 7.05 Å². The molecule has 9 heteroatoms. The number of aromatic nitrogens is 5. The quantitative estimate of drug-likeness (QED) is 0.683. The van der Waals surface area contributed by atoms with Gasteiger partial charge in [0.25, 0.3) is 0 Å². The molecule has 0 spiro atoms. The third kappa shape index (κ3) is 3.50. The van der Waals surface area contributed by atoms with Crippen LogP contribution in [0.2, 0.25) is 0 Å². The second-order valence-electron chi connectivity index (χ2n) is 5.69. The molecule has 8 nitrogen and oxygen atoms in total. The predicted octanol–water partition coefficient (Wildman–Crippen LogP) is 1.16. The molecule has 3 rings (SSSR count). The number of nitrogens with zero attached hydrogens (tertiary/aromatic N) is 6. The van der Waals surface area contributed by atoms with Crippen molar-refractivity contribution in [2.24, 2.45) is 0 Å². The minimum atomic E-state index is -0.332. The maximum atomic E-state index is 12.6. The van der Waals surface area contributed by atoms with Crippen LogP contribution in [-0.4, -0.2) is 41.8 Å². The highest BCUT2D eigenvalue weighted by molar-refractivity contribution is 7.05. The zero-order valence-corrected chi connectivity index (χ0v) is 15.0. The highest BCUT2D eigenvalue weighted by atomic mass is 32.1. The van der Waals surface area contributed by atoms with Crippen LogP contribution in [0.25, 0.3) is 5.69 Å². The number of para-hydroxylation sites is 1. The lowest BCUT2D eigenvalue weighted by Crippen LogP contribution is -2.34. The third-order valence-electron chi connectivity index (χ3n) is 3.85. The number of aryl methyl sites for hydroxylation is 2. The van der Waals surface area contributed by atoms with Crippen molar-refractivity contribution < 1.29 is 4.79 Å². The predicted molar refractivity (Wildman–Crippen MR) is 93.7 cm³/mol. The number of hydrogen-bond donors (Lipinski definition) is 0. The summed E-state index contributed by atoms with van der Waals surface area (Å²) in [5.74, 6) is 0.335. The van der Waals surface area contributed by atoms with Crippen LogP contribution < -0.4 is 5.69 Å². The van der Waals surface area contributed by atoms with E-state index in [-0.39, 0.29) is 18.1 Å². The fraction of sp³-hybridized carbons (Fsp3) is 0.312. The molecule has 0 aliphatic heterocycles. The molecule has 1 amide bonds. The van der Waals surface area contributed by atoms with Gasteiger partial charge in [-0.05, 0) is 37.5 Å². The zero-order valence-electron chi connectivity index (χ0n) is 14.2. The maximum Gasteiger partial charge on any atom is 0.351 e. The Morgan fingerprint density at radius 3 is 2.60 bits per heavy atom. The first-order valence-electron chi connectivity index (χ1n) is 7.71. The second kappa shape index (κ2) is 6.98. The molecule has 0 saturated carbocycles. The van der Waals surface area contributed by atoms with Crippen LogP contribution in [0.4, 0.5) is 0 Å². The number of benzene rings is 1. The summed E-state index contributed by atoms with van der Waals surface area (Å²) >= 11 is 1.27. The van der Waals surface area contributed by atoms with E-state index >= 15 is 0 Å². The van der Waals surface area contributed by atoms with Gasteiger partial charge in [-0.2, -0.15) is 5.10 Å². The van der Waals surface area contributed by atoms with Crippen LogP contribution in [0.15, 0.2) is 35.1 Å². The third-order valence-corrected chi connectivity index (χ3v) is 4.66. The summed E-state index contributed by atoms with van der Waals surface area (Å²) in [6, 6.07) is 9.23. The molecule has 3 aromatic rings. The van der Waals surface area contributed by atoms with Gasteiger partial charge in [0.05, 0.1) is 22.8 Å². The van der Waals surface area contributed by atoms with Gasteiger partial charge in [-0.25, -0.2) is 14.0 Å². The fourth-order valence-electron chi connectivity index (χ4n) is 2.44. The molecule has 0 saturated heterocycles. The Balaban J connectivity index is 1.78. The highest BCUT2D eigenvalue weighted by Crippen LogP contribution is 2.12. The number of rotatable bonds is 5. The lowest BCUT2D eigenvalue weighted by molar-refractivity contribution is -0.131. The van der Waals surface area contributed by atoms with E-state index in [4.69, 9.17) is 0 Å². The molecule has 0 bridgehead atoms. The monoisotopic (exact) mass is 358 g/mol. The molecule has 2 aromatic heterocycles. The first-order valence-corrected chi connectivity index (χ1v) is 8.48. The van der Waals surface area contributed by atoms with Crippen LogP contribution in [0.1, 0.15) is 16.4 Å². The normalized spacial score (nSPS) is 10.8. The maximum absolute atomic E-state index is 12.6. The summed E-state index contributed by atoms with van der Waals surface area (Å²) in [5.41, 5.74) is 1.20. The lowest BCUT2D eigenvalue weighted by Gasteiger charge is -2.15. The standard InChI is InChI=1S/C16H18N6O2S/c1-11-14(25-19-17-11)9-20(3)15(23)10-21-16(24)22(12(2)18-21)13-7-5-4-6-8-13/h4-8H,9-10H2,1-3H3. The fourth-order valence-corrected chi connectivity index (χ4v) is 3.13.